The first-order chi connectivity index (χ1) is 8.20. The third kappa shape index (κ3) is 2.82. The van der Waals surface area contributed by atoms with Gasteiger partial charge in [-0.1, -0.05) is 6.92 Å². The van der Waals surface area contributed by atoms with Crippen LogP contribution < -0.4 is 5.32 Å². The van der Waals surface area contributed by atoms with Crippen LogP contribution in [-0.4, -0.2) is 16.0 Å². The molecule has 2 rings (SSSR count). The fourth-order valence-electron chi connectivity index (χ4n) is 1.53. The van der Waals surface area contributed by atoms with E-state index in [0.29, 0.717) is 6.04 Å². The van der Waals surface area contributed by atoms with Crippen LogP contribution in [0.3, 0.4) is 0 Å². The second-order valence-electron chi connectivity index (χ2n) is 4.13. The van der Waals surface area contributed by atoms with Crippen LogP contribution in [-0.2, 0) is 0 Å². The summed E-state index contributed by atoms with van der Waals surface area (Å²) in [7, 11) is 0. The molecule has 0 spiro atoms. The quantitative estimate of drug-likeness (QED) is 0.894. The number of aromatic nitrogens is 2. The third-order valence-corrected chi connectivity index (χ3v) is 3.54. The van der Waals surface area contributed by atoms with Crippen molar-refractivity contribution in [3.8, 4) is 11.3 Å². The van der Waals surface area contributed by atoms with Crippen LogP contribution in [0.25, 0.3) is 11.3 Å². The Labute approximate surface area is 106 Å². The largest absolute Gasteiger partial charge is 0.359 e. The number of rotatable bonds is 4. The topological polar surface area (TPSA) is 37.8 Å². The number of pyridine rings is 1. The van der Waals surface area contributed by atoms with Crippen molar-refractivity contribution in [1.82, 2.24) is 9.97 Å². The van der Waals surface area contributed by atoms with Crippen molar-refractivity contribution >= 4 is 16.5 Å². The Balaban J connectivity index is 2.21. The standard InChI is InChI=1S/C13H17N3S/c1-4-9(2)15-13-16-12(8-17-13)11-6-5-7-14-10(11)3/h5-9H,4H2,1-3H3,(H,15,16). The highest BCUT2D eigenvalue weighted by atomic mass is 32.1. The first-order valence-electron chi connectivity index (χ1n) is 5.84. The zero-order valence-electron chi connectivity index (χ0n) is 10.4. The van der Waals surface area contributed by atoms with E-state index in [1.165, 1.54) is 0 Å². The molecule has 2 aromatic heterocycles. The molecule has 1 unspecified atom stereocenters. The maximum Gasteiger partial charge on any atom is 0.183 e. The molecule has 4 heteroatoms. The normalized spacial score (nSPS) is 12.4. The molecule has 3 nitrogen and oxygen atoms in total. The van der Waals surface area contributed by atoms with E-state index in [0.717, 1.165) is 28.5 Å². The Morgan fingerprint density at radius 2 is 2.29 bits per heavy atom. The van der Waals surface area contributed by atoms with Crippen molar-refractivity contribution in [2.24, 2.45) is 0 Å². The second kappa shape index (κ2) is 5.27. The molecule has 0 saturated carbocycles. The number of thiazole rings is 1. The molecule has 0 amide bonds. The van der Waals surface area contributed by atoms with E-state index >= 15 is 0 Å². The number of nitrogens with one attached hydrogen (secondary N) is 1. The minimum atomic E-state index is 0.462. The SMILES string of the molecule is CCC(C)Nc1nc(-c2cccnc2C)cs1. The van der Waals surface area contributed by atoms with Crippen LogP contribution >= 0.6 is 11.3 Å². The zero-order chi connectivity index (χ0) is 12.3. The van der Waals surface area contributed by atoms with Gasteiger partial charge >= 0.3 is 0 Å². The lowest BCUT2D eigenvalue weighted by molar-refractivity contribution is 0.763. The van der Waals surface area contributed by atoms with Crippen molar-refractivity contribution in [3.05, 3.63) is 29.4 Å². The lowest BCUT2D eigenvalue weighted by Crippen LogP contribution is -2.12. The molecule has 90 valence electrons. The van der Waals surface area contributed by atoms with Crippen LogP contribution in [0.15, 0.2) is 23.7 Å². The summed E-state index contributed by atoms with van der Waals surface area (Å²) in [4.78, 5) is 8.88. The van der Waals surface area contributed by atoms with Gasteiger partial charge in [0.1, 0.15) is 0 Å². The minimum absolute atomic E-state index is 0.462. The molecule has 0 bridgehead atoms. The van der Waals surface area contributed by atoms with Gasteiger partial charge in [0.25, 0.3) is 0 Å². The van der Waals surface area contributed by atoms with Gasteiger partial charge in [0.15, 0.2) is 5.13 Å². The molecule has 0 aromatic carbocycles. The van der Waals surface area contributed by atoms with Gasteiger partial charge in [-0.05, 0) is 32.4 Å². The van der Waals surface area contributed by atoms with Crippen molar-refractivity contribution < 1.29 is 0 Å². The van der Waals surface area contributed by atoms with E-state index < -0.39 is 0 Å². The van der Waals surface area contributed by atoms with Crippen molar-refractivity contribution in [3.63, 3.8) is 0 Å². The summed E-state index contributed by atoms with van der Waals surface area (Å²) < 4.78 is 0. The van der Waals surface area contributed by atoms with Crippen molar-refractivity contribution in [2.45, 2.75) is 33.2 Å². The second-order valence-corrected chi connectivity index (χ2v) is 4.99. The highest BCUT2D eigenvalue weighted by molar-refractivity contribution is 7.14. The predicted molar refractivity (Wildman–Crippen MR) is 73.5 cm³/mol. The number of hydrogen-bond donors (Lipinski definition) is 1. The van der Waals surface area contributed by atoms with E-state index in [1.807, 2.05) is 19.2 Å². The van der Waals surface area contributed by atoms with E-state index in [9.17, 15) is 0 Å². The summed E-state index contributed by atoms with van der Waals surface area (Å²) in [5, 5.41) is 6.45. The van der Waals surface area contributed by atoms with Crippen LogP contribution in [0.1, 0.15) is 26.0 Å². The fraction of sp³-hybridized carbons (Fsp3) is 0.385. The van der Waals surface area contributed by atoms with Crippen molar-refractivity contribution in [2.75, 3.05) is 5.32 Å². The van der Waals surface area contributed by atoms with Gasteiger partial charge in [-0.3, -0.25) is 4.98 Å². The number of hydrogen-bond acceptors (Lipinski definition) is 4. The number of anilines is 1. The molecule has 0 aliphatic rings. The molecule has 0 aliphatic heterocycles. The van der Waals surface area contributed by atoms with Gasteiger partial charge in [0.05, 0.1) is 5.69 Å². The minimum Gasteiger partial charge on any atom is -0.359 e. The molecular weight excluding hydrogens is 230 g/mol. The van der Waals surface area contributed by atoms with E-state index in [-0.39, 0.29) is 0 Å². The van der Waals surface area contributed by atoms with E-state index in [1.54, 1.807) is 11.3 Å². The van der Waals surface area contributed by atoms with E-state index in [4.69, 9.17) is 0 Å². The Morgan fingerprint density at radius 1 is 1.47 bits per heavy atom. The van der Waals surface area contributed by atoms with Gasteiger partial charge in [0.2, 0.25) is 0 Å². The Bertz CT molecular complexity index is 493. The summed E-state index contributed by atoms with van der Waals surface area (Å²) >= 11 is 1.65. The van der Waals surface area contributed by atoms with Gasteiger partial charge in [-0.25, -0.2) is 4.98 Å². The maximum absolute atomic E-state index is 4.60. The monoisotopic (exact) mass is 247 g/mol. The Hall–Kier alpha value is -1.42. The third-order valence-electron chi connectivity index (χ3n) is 2.77. The number of nitrogens with zero attached hydrogens (tertiary/aromatic N) is 2. The molecule has 0 aliphatic carbocycles. The molecule has 0 saturated heterocycles. The summed E-state index contributed by atoms with van der Waals surface area (Å²) in [6.45, 7) is 6.34. The molecular formula is C13H17N3S. The molecule has 1 atom stereocenters. The van der Waals surface area contributed by atoms with Gasteiger partial charge in [-0.2, -0.15) is 0 Å². The van der Waals surface area contributed by atoms with E-state index in [2.05, 4.69) is 40.6 Å². The maximum atomic E-state index is 4.60. The van der Waals surface area contributed by atoms with Gasteiger partial charge in [-0.15, -0.1) is 11.3 Å². The molecule has 2 heterocycles. The molecule has 17 heavy (non-hydrogen) atoms. The predicted octanol–water partition coefficient (Wildman–Crippen LogP) is 3.72. The average molecular weight is 247 g/mol. The highest BCUT2D eigenvalue weighted by Gasteiger charge is 2.08. The average Bonchev–Trinajstić information content (AvgIpc) is 2.78. The molecule has 0 radical (unpaired) electrons. The zero-order valence-corrected chi connectivity index (χ0v) is 11.2. The lowest BCUT2D eigenvalue weighted by atomic mass is 10.1. The molecule has 2 aromatic rings. The summed E-state index contributed by atoms with van der Waals surface area (Å²) in [6, 6.07) is 4.47. The smallest absolute Gasteiger partial charge is 0.183 e. The van der Waals surface area contributed by atoms with Crippen LogP contribution in [0.2, 0.25) is 0 Å². The highest BCUT2D eigenvalue weighted by Crippen LogP contribution is 2.26. The summed E-state index contributed by atoms with van der Waals surface area (Å²) in [5.41, 5.74) is 3.14. The summed E-state index contributed by atoms with van der Waals surface area (Å²) in [6.07, 6.45) is 2.91. The van der Waals surface area contributed by atoms with Gasteiger partial charge < -0.3 is 5.32 Å². The Morgan fingerprint density at radius 3 is 3.00 bits per heavy atom. The fourth-order valence-corrected chi connectivity index (χ4v) is 2.35. The first kappa shape index (κ1) is 12.0. The van der Waals surface area contributed by atoms with Gasteiger partial charge in [0, 0.05) is 28.9 Å². The lowest BCUT2D eigenvalue weighted by Gasteiger charge is -2.08. The first-order valence-corrected chi connectivity index (χ1v) is 6.72. The summed E-state index contributed by atoms with van der Waals surface area (Å²) in [5.74, 6) is 0. The van der Waals surface area contributed by atoms with Crippen LogP contribution in [0.5, 0.6) is 0 Å². The van der Waals surface area contributed by atoms with Crippen LogP contribution in [0.4, 0.5) is 5.13 Å². The van der Waals surface area contributed by atoms with Crippen LogP contribution in [0, 0.1) is 6.92 Å². The van der Waals surface area contributed by atoms with Crippen molar-refractivity contribution in [1.29, 1.82) is 0 Å². The molecule has 1 N–H and O–H groups in total. The number of aryl methyl sites for hydroxylation is 1. The molecule has 0 fully saturated rings. The Kier molecular flexibility index (Phi) is 3.74.